The second-order valence-corrected chi connectivity index (χ2v) is 3.66. The van der Waals surface area contributed by atoms with Gasteiger partial charge in [-0.2, -0.15) is 4.98 Å². The average Bonchev–Trinajstić information content (AvgIpc) is 2.68. The summed E-state index contributed by atoms with van der Waals surface area (Å²) in [5.41, 5.74) is 0. The summed E-state index contributed by atoms with van der Waals surface area (Å²) < 4.78 is 4.88. The Hall–Kier alpha value is -1.43. The number of nitrogens with one attached hydrogen (secondary N) is 2. The smallest absolute Gasteiger partial charge is 0.246 e. The van der Waals surface area contributed by atoms with Crippen LogP contribution in [0.1, 0.15) is 25.6 Å². The van der Waals surface area contributed by atoms with E-state index in [-0.39, 0.29) is 18.4 Å². The Balaban J connectivity index is 2.29. The highest BCUT2D eigenvalue weighted by Crippen LogP contribution is 1.97. The molecule has 1 atom stereocenters. The predicted molar refractivity (Wildman–Crippen MR) is 58.6 cm³/mol. The van der Waals surface area contributed by atoms with Gasteiger partial charge in [0.15, 0.2) is 5.82 Å². The monoisotopic (exact) mass is 226 g/mol. The standard InChI is InChI=1S/C10H18N4O2/c1-4-11-5-7(2)10(15)12-6-9-13-8(3)14-16-9/h7,11H,4-6H2,1-3H3,(H,12,15). The lowest BCUT2D eigenvalue weighted by Gasteiger charge is -2.10. The molecule has 0 radical (unpaired) electrons. The third-order valence-electron chi connectivity index (χ3n) is 2.13. The molecule has 1 aromatic heterocycles. The van der Waals surface area contributed by atoms with E-state index < -0.39 is 0 Å². The number of nitrogens with zero attached hydrogens (tertiary/aromatic N) is 2. The van der Waals surface area contributed by atoms with Gasteiger partial charge in [0.05, 0.1) is 6.54 Å². The van der Waals surface area contributed by atoms with Crippen LogP contribution in [0.2, 0.25) is 0 Å². The molecule has 0 aliphatic heterocycles. The van der Waals surface area contributed by atoms with Crippen LogP contribution < -0.4 is 10.6 Å². The number of aryl methyl sites for hydroxylation is 1. The van der Waals surface area contributed by atoms with Crippen molar-refractivity contribution in [3.63, 3.8) is 0 Å². The summed E-state index contributed by atoms with van der Waals surface area (Å²) in [5, 5.41) is 9.50. The zero-order chi connectivity index (χ0) is 12.0. The Morgan fingerprint density at radius 1 is 1.56 bits per heavy atom. The molecular weight excluding hydrogens is 208 g/mol. The maximum atomic E-state index is 11.6. The topological polar surface area (TPSA) is 80.0 Å². The van der Waals surface area contributed by atoms with Crippen LogP contribution >= 0.6 is 0 Å². The highest BCUT2D eigenvalue weighted by atomic mass is 16.5. The number of hydrogen-bond donors (Lipinski definition) is 2. The average molecular weight is 226 g/mol. The summed E-state index contributed by atoms with van der Waals surface area (Å²) in [6.07, 6.45) is 0. The van der Waals surface area contributed by atoms with E-state index in [1.807, 2.05) is 13.8 Å². The van der Waals surface area contributed by atoms with E-state index in [2.05, 4.69) is 20.8 Å². The van der Waals surface area contributed by atoms with Crippen molar-refractivity contribution in [3.8, 4) is 0 Å². The molecule has 0 bridgehead atoms. The van der Waals surface area contributed by atoms with Crippen LogP contribution in [0.25, 0.3) is 0 Å². The van der Waals surface area contributed by atoms with Crippen LogP contribution in [0, 0.1) is 12.8 Å². The summed E-state index contributed by atoms with van der Waals surface area (Å²) in [6.45, 7) is 7.44. The van der Waals surface area contributed by atoms with Gasteiger partial charge >= 0.3 is 0 Å². The molecule has 0 aromatic carbocycles. The maximum Gasteiger partial charge on any atom is 0.246 e. The van der Waals surface area contributed by atoms with Gasteiger partial charge in [0.25, 0.3) is 0 Å². The van der Waals surface area contributed by atoms with Crippen molar-refractivity contribution < 1.29 is 9.32 Å². The summed E-state index contributed by atoms with van der Waals surface area (Å²) in [4.78, 5) is 15.6. The molecule has 16 heavy (non-hydrogen) atoms. The van der Waals surface area contributed by atoms with Gasteiger partial charge in [-0.25, -0.2) is 0 Å². The Labute approximate surface area is 94.8 Å². The molecule has 6 heteroatoms. The van der Waals surface area contributed by atoms with Gasteiger partial charge in [-0.15, -0.1) is 0 Å². The maximum absolute atomic E-state index is 11.6. The van der Waals surface area contributed by atoms with Gasteiger partial charge in [-0.3, -0.25) is 4.79 Å². The van der Waals surface area contributed by atoms with E-state index in [1.165, 1.54) is 0 Å². The van der Waals surface area contributed by atoms with Crippen molar-refractivity contribution in [1.82, 2.24) is 20.8 Å². The molecule has 1 aromatic rings. The zero-order valence-corrected chi connectivity index (χ0v) is 9.91. The number of carbonyl (C=O) groups excluding carboxylic acids is 1. The van der Waals surface area contributed by atoms with Gasteiger partial charge in [0.2, 0.25) is 11.8 Å². The molecule has 1 amide bonds. The molecule has 1 heterocycles. The molecule has 0 spiro atoms. The van der Waals surface area contributed by atoms with Crippen LogP contribution in [0.15, 0.2) is 4.52 Å². The lowest BCUT2D eigenvalue weighted by atomic mass is 10.1. The zero-order valence-electron chi connectivity index (χ0n) is 9.91. The highest BCUT2D eigenvalue weighted by molar-refractivity contribution is 5.78. The minimum atomic E-state index is -0.0658. The summed E-state index contributed by atoms with van der Waals surface area (Å²) in [5.74, 6) is 0.923. The van der Waals surface area contributed by atoms with E-state index in [1.54, 1.807) is 6.92 Å². The second kappa shape index (κ2) is 6.22. The fourth-order valence-electron chi connectivity index (χ4n) is 1.20. The third-order valence-corrected chi connectivity index (χ3v) is 2.13. The molecule has 0 aliphatic carbocycles. The van der Waals surface area contributed by atoms with E-state index >= 15 is 0 Å². The number of carbonyl (C=O) groups is 1. The van der Waals surface area contributed by atoms with Gasteiger partial charge in [-0.1, -0.05) is 19.0 Å². The Morgan fingerprint density at radius 3 is 2.88 bits per heavy atom. The number of hydrogen-bond acceptors (Lipinski definition) is 5. The molecule has 1 unspecified atom stereocenters. The Bertz CT molecular complexity index is 337. The number of aromatic nitrogens is 2. The SMILES string of the molecule is CCNCC(C)C(=O)NCc1nc(C)no1. The summed E-state index contributed by atoms with van der Waals surface area (Å²) >= 11 is 0. The molecule has 90 valence electrons. The van der Waals surface area contributed by atoms with E-state index in [0.717, 1.165) is 6.54 Å². The van der Waals surface area contributed by atoms with Crippen molar-refractivity contribution in [1.29, 1.82) is 0 Å². The highest BCUT2D eigenvalue weighted by Gasteiger charge is 2.12. The van der Waals surface area contributed by atoms with Crippen molar-refractivity contribution in [3.05, 3.63) is 11.7 Å². The predicted octanol–water partition coefficient (Wildman–Crippen LogP) is 0.240. The first-order valence-electron chi connectivity index (χ1n) is 5.41. The van der Waals surface area contributed by atoms with Crippen LogP contribution in [-0.4, -0.2) is 29.1 Å². The van der Waals surface area contributed by atoms with Crippen molar-refractivity contribution in [2.75, 3.05) is 13.1 Å². The number of rotatable bonds is 6. The molecule has 0 saturated carbocycles. The summed E-state index contributed by atoms with van der Waals surface area (Å²) in [7, 11) is 0. The minimum absolute atomic E-state index is 0.0168. The molecule has 0 aliphatic rings. The number of amides is 1. The van der Waals surface area contributed by atoms with Crippen molar-refractivity contribution in [2.24, 2.45) is 5.92 Å². The second-order valence-electron chi connectivity index (χ2n) is 3.66. The lowest BCUT2D eigenvalue weighted by molar-refractivity contribution is -0.124. The summed E-state index contributed by atoms with van der Waals surface area (Å²) in [6, 6.07) is 0. The normalized spacial score (nSPS) is 12.4. The van der Waals surface area contributed by atoms with Gasteiger partial charge in [0, 0.05) is 12.5 Å². The minimum Gasteiger partial charge on any atom is -0.347 e. The van der Waals surface area contributed by atoms with Gasteiger partial charge in [-0.05, 0) is 13.5 Å². The van der Waals surface area contributed by atoms with E-state index in [9.17, 15) is 4.79 Å². The van der Waals surface area contributed by atoms with Crippen LogP contribution in [0.3, 0.4) is 0 Å². The molecule has 0 saturated heterocycles. The molecule has 2 N–H and O–H groups in total. The van der Waals surface area contributed by atoms with Crippen LogP contribution in [0.5, 0.6) is 0 Å². The van der Waals surface area contributed by atoms with E-state index in [0.29, 0.717) is 18.3 Å². The largest absolute Gasteiger partial charge is 0.347 e. The third kappa shape index (κ3) is 3.98. The van der Waals surface area contributed by atoms with E-state index in [4.69, 9.17) is 4.52 Å². The Morgan fingerprint density at radius 2 is 2.31 bits per heavy atom. The van der Waals surface area contributed by atoms with Crippen LogP contribution in [-0.2, 0) is 11.3 Å². The fourth-order valence-corrected chi connectivity index (χ4v) is 1.20. The first kappa shape index (κ1) is 12.6. The van der Waals surface area contributed by atoms with Gasteiger partial charge in [0.1, 0.15) is 0 Å². The first-order valence-corrected chi connectivity index (χ1v) is 5.41. The Kier molecular flexibility index (Phi) is 4.91. The molecule has 0 fully saturated rings. The fraction of sp³-hybridized carbons (Fsp3) is 0.700. The molecule has 1 rings (SSSR count). The van der Waals surface area contributed by atoms with Crippen LogP contribution in [0.4, 0.5) is 0 Å². The first-order chi connectivity index (χ1) is 7.63. The quantitative estimate of drug-likeness (QED) is 0.726. The lowest BCUT2D eigenvalue weighted by Crippen LogP contribution is -2.35. The van der Waals surface area contributed by atoms with Gasteiger partial charge < -0.3 is 15.2 Å². The molecule has 6 nitrogen and oxygen atoms in total. The molecular formula is C10H18N4O2. The van der Waals surface area contributed by atoms with Crippen molar-refractivity contribution >= 4 is 5.91 Å². The van der Waals surface area contributed by atoms with Crippen molar-refractivity contribution in [2.45, 2.75) is 27.3 Å².